The molecule has 10 aliphatic heterocycles. The zero-order chi connectivity index (χ0) is 35.0. The lowest BCUT2D eigenvalue weighted by molar-refractivity contribution is -0.168. The molecule has 10 aliphatic rings. The molecule has 2 aromatic carbocycles. The molecule has 4 bridgehead atoms. The number of piperazine rings is 2. The summed E-state index contributed by atoms with van der Waals surface area (Å²) in [5.74, 6) is -2.40. The number of aliphatic hydroxyl groups excluding tert-OH is 4. The number of nitrogens with zero attached hydrogens (tertiary/aromatic N) is 4. The Hall–Kier alpha value is -2.14. The van der Waals surface area contributed by atoms with Gasteiger partial charge in [0.15, 0.2) is 0 Å². The van der Waals surface area contributed by atoms with Crippen LogP contribution in [0.25, 0.3) is 0 Å². The van der Waals surface area contributed by atoms with Crippen molar-refractivity contribution in [1.82, 2.24) is 19.6 Å². The van der Waals surface area contributed by atoms with Crippen molar-refractivity contribution in [2.75, 3.05) is 37.9 Å². The molecule has 0 saturated carbocycles. The number of likely N-dealkylation sites (N-methyl/N-ethyl adjacent to an activating group) is 2. The quantitative estimate of drug-likeness (QED) is 0.237. The average molecular weight is 793 g/mol. The SMILES string of the molecule is CN1C(=O)[C@]23SSS[C@@]1(CO)C(=O)N2[C@H]1Nc2ccccc2C1([C@@]12c4ccccc4N[C@@H]1N1C(=O)[C@]4(CO)SSS[C@]1(C(=O)N4C)[C@H]2O)[C@@H]3O. The lowest BCUT2D eigenvalue weighted by Crippen LogP contribution is -2.75. The fourth-order valence-electron chi connectivity index (χ4n) is 10.0. The van der Waals surface area contributed by atoms with Crippen molar-refractivity contribution in [3.05, 3.63) is 59.7 Å². The maximum Gasteiger partial charge on any atom is 0.265 e. The second-order valence-corrected chi connectivity index (χ2v) is 22.4. The maximum absolute atomic E-state index is 15.0. The molecule has 0 aromatic heterocycles. The molecule has 50 heavy (non-hydrogen) atoms. The van der Waals surface area contributed by atoms with Gasteiger partial charge in [0.1, 0.15) is 24.5 Å². The van der Waals surface area contributed by atoms with Gasteiger partial charge < -0.3 is 40.9 Å². The van der Waals surface area contributed by atoms with Crippen molar-refractivity contribution in [1.29, 1.82) is 0 Å². The van der Waals surface area contributed by atoms with E-state index in [9.17, 15) is 39.6 Å². The molecule has 2 aromatic rings. The molecule has 10 heterocycles. The molecule has 0 radical (unpaired) electrons. The fraction of sp³-hybridized carbons (Fsp3) is 0.467. The Labute approximate surface area is 307 Å². The van der Waals surface area contributed by atoms with Crippen molar-refractivity contribution in [2.24, 2.45) is 0 Å². The summed E-state index contributed by atoms with van der Waals surface area (Å²) < 4.78 is 0. The zero-order valence-electron chi connectivity index (χ0n) is 26.0. The van der Waals surface area contributed by atoms with Gasteiger partial charge in [-0.1, -0.05) is 36.4 Å². The van der Waals surface area contributed by atoms with E-state index >= 15 is 0 Å². The van der Waals surface area contributed by atoms with Gasteiger partial charge in [-0.3, -0.25) is 29.0 Å². The van der Waals surface area contributed by atoms with Crippen LogP contribution < -0.4 is 10.6 Å². The number of hydrogen-bond acceptors (Lipinski definition) is 16. The van der Waals surface area contributed by atoms with Crippen LogP contribution in [0.2, 0.25) is 0 Å². The third kappa shape index (κ3) is 2.88. The number of rotatable bonds is 3. The molecular formula is C30H28N6O8S6. The Bertz CT molecular complexity index is 1850. The van der Waals surface area contributed by atoms with Gasteiger partial charge in [0, 0.05) is 25.5 Å². The van der Waals surface area contributed by atoms with Crippen LogP contribution in [-0.4, -0.2) is 135 Å². The van der Waals surface area contributed by atoms with Crippen LogP contribution >= 0.6 is 62.8 Å². The molecule has 8 saturated heterocycles. The first-order valence-electron chi connectivity index (χ1n) is 15.6. The minimum atomic E-state index is -1.95. The molecule has 262 valence electrons. The Morgan fingerprint density at radius 1 is 0.620 bits per heavy atom. The predicted molar refractivity (Wildman–Crippen MR) is 193 cm³/mol. The summed E-state index contributed by atoms with van der Waals surface area (Å²) in [6, 6.07) is 14.3. The number of fused-ring (bicyclic) bond motifs is 13. The lowest BCUT2D eigenvalue weighted by Gasteiger charge is -2.51. The summed E-state index contributed by atoms with van der Waals surface area (Å²) in [6.07, 6.45) is -5.90. The topological polar surface area (TPSA) is 186 Å². The Balaban J connectivity index is 1.34. The first-order chi connectivity index (χ1) is 24.0. The number of hydrogen-bond donors (Lipinski definition) is 6. The van der Waals surface area contributed by atoms with Crippen molar-refractivity contribution in [3.63, 3.8) is 0 Å². The van der Waals surface area contributed by atoms with E-state index in [2.05, 4.69) is 10.6 Å². The van der Waals surface area contributed by atoms with Crippen LogP contribution in [0.4, 0.5) is 11.4 Å². The highest BCUT2D eigenvalue weighted by atomic mass is 33.5. The highest BCUT2D eigenvalue weighted by molar-refractivity contribution is 9.10. The van der Waals surface area contributed by atoms with Crippen molar-refractivity contribution >= 4 is 97.8 Å². The van der Waals surface area contributed by atoms with Gasteiger partial charge in [0.25, 0.3) is 23.6 Å². The van der Waals surface area contributed by atoms with E-state index in [1.165, 1.54) is 33.7 Å². The highest BCUT2D eigenvalue weighted by Gasteiger charge is 2.92. The molecule has 8 fully saturated rings. The van der Waals surface area contributed by atoms with E-state index in [-0.39, 0.29) is 0 Å². The third-order valence-corrected chi connectivity index (χ3v) is 22.3. The summed E-state index contributed by atoms with van der Waals surface area (Å²) in [5, 5.41) is 55.4. The molecule has 14 nitrogen and oxygen atoms in total. The first-order valence-corrected chi connectivity index (χ1v) is 22.5. The lowest BCUT2D eigenvalue weighted by atomic mass is 9.52. The summed E-state index contributed by atoms with van der Waals surface area (Å²) in [4.78, 5) is 57.5. The molecule has 1 unspecified atom stereocenters. The van der Waals surface area contributed by atoms with Gasteiger partial charge in [-0.2, -0.15) is 0 Å². The monoisotopic (exact) mass is 792 g/mol. The smallest absolute Gasteiger partial charge is 0.265 e. The molecule has 20 heteroatoms. The number of para-hydroxylation sites is 2. The predicted octanol–water partition coefficient (Wildman–Crippen LogP) is 0.572. The molecule has 0 aliphatic carbocycles. The van der Waals surface area contributed by atoms with E-state index in [0.29, 0.717) is 22.5 Å². The van der Waals surface area contributed by atoms with Gasteiger partial charge in [0.2, 0.25) is 19.5 Å². The summed E-state index contributed by atoms with van der Waals surface area (Å²) in [6.45, 7) is -1.38. The van der Waals surface area contributed by atoms with Crippen molar-refractivity contribution < 1.29 is 39.6 Å². The van der Waals surface area contributed by atoms with E-state index in [0.717, 1.165) is 62.8 Å². The zero-order valence-corrected chi connectivity index (χ0v) is 30.9. The Morgan fingerprint density at radius 2 is 1.00 bits per heavy atom. The third-order valence-electron chi connectivity index (χ3n) is 12.2. The molecule has 2 spiro atoms. The van der Waals surface area contributed by atoms with E-state index in [1.54, 1.807) is 48.5 Å². The Kier molecular flexibility index (Phi) is 6.43. The normalized spacial score (nSPS) is 44.7. The summed E-state index contributed by atoms with van der Waals surface area (Å²) >= 11 is 0. The number of carbonyl (C=O) groups is 4. The highest BCUT2D eigenvalue weighted by Crippen LogP contribution is 2.78. The van der Waals surface area contributed by atoms with Crippen LogP contribution in [-0.2, 0) is 30.0 Å². The van der Waals surface area contributed by atoms with Gasteiger partial charge >= 0.3 is 0 Å². The average Bonchev–Trinajstić information content (AvgIpc) is 3.65. The molecule has 10 atom stereocenters. The minimum Gasteiger partial charge on any atom is -0.392 e. The number of benzene rings is 2. The molecular weight excluding hydrogens is 765 g/mol. The van der Waals surface area contributed by atoms with Crippen LogP contribution in [0.15, 0.2) is 48.5 Å². The summed E-state index contributed by atoms with van der Waals surface area (Å²) in [5.41, 5.74) is -1.54. The van der Waals surface area contributed by atoms with Gasteiger partial charge in [0.05, 0.1) is 24.0 Å². The second-order valence-electron chi connectivity index (χ2n) is 13.6. The molecule has 4 amide bonds. The van der Waals surface area contributed by atoms with E-state index < -0.39 is 91.7 Å². The number of aliphatic hydroxyl groups is 4. The van der Waals surface area contributed by atoms with E-state index in [4.69, 9.17) is 0 Å². The van der Waals surface area contributed by atoms with Crippen LogP contribution in [0.5, 0.6) is 0 Å². The second kappa shape index (κ2) is 9.88. The largest absolute Gasteiger partial charge is 0.392 e. The molecule has 6 N–H and O–H groups in total. The first kappa shape index (κ1) is 32.5. The van der Waals surface area contributed by atoms with Crippen LogP contribution in [0.1, 0.15) is 11.1 Å². The van der Waals surface area contributed by atoms with Crippen LogP contribution in [0.3, 0.4) is 0 Å². The number of carbonyl (C=O) groups excluding carboxylic acids is 4. The summed E-state index contributed by atoms with van der Waals surface area (Å²) in [7, 11) is 9.25. The minimum absolute atomic E-state index is 0.492. The maximum atomic E-state index is 15.0. The van der Waals surface area contributed by atoms with Crippen molar-refractivity contribution in [2.45, 2.75) is 54.9 Å². The number of nitrogens with one attached hydrogen (secondary N) is 2. The van der Waals surface area contributed by atoms with Crippen molar-refractivity contribution in [3.8, 4) is 0 Å². The Morgan fingerprint density at radius 3 is 1.38 bits per heavy atom. The molecule has 12 rings (SSSR count). The van der Waals surface area contributed by atoms with Gasteiger partial charge in [-0.25, -0.2) is 0 Å². The standard InChI is InChI=1S/C30H28N6O8S6/c1-33-23(43)29-17(39)27(13-7-3-5-9-15(13)31-19(27)35(29)21(41)25(33,11-37)45-49-47-29)28-14-8-4-6-10-16(14)32-20(28)36-22(42)26(12-38)34(2)24(44)30(36,18(28)40)48-50-46-26/h3-10,17-20,31-32,37-40H,11-12H2,1-2H3/t17-,18-,19+,20+,25-,26-,27+,28?,29-,30-/m0/s1. The van der Waals surface area contributed by atoms with Crippen LogP contribution in [0, 0.1) is 0 Å². The van der Waals surface area contributed by atoms with Gasteiger partial charge in [-0.15, -0.1) is 0 Å². The van der Waals surface area contributed by atoms with E-state index in [1.807, 2.05) is 0 Å². The number of amides is 4. The number of anilines is 2. The van der Waals surface area contributed by atoms with Gasteiger partial charge in [-0.05, 0) is 86.1 Å². The fourth-order valence-corrected chi connectivity index (χ4v) is 21.7.